The maximum atomic E-state index is 13.0. The van der Waals surface area contributed by atoms with Gasteiger partial charge in [0.15, 0.2) is 16.6 Å². The van der Waals surface area contributed by atoms with E-state index < -0.39 is 0 Å². The van der Waals surface area contributed by atoms with Crippen LogP contribution in [0.4, 0.5) is 11.5 Å². The zero-order chi connectivity index (χ0) is 22.9. The van der Waals surface area contributed by atoms with Gasteiger partial charge in [0.2, 0.25) is 5.91 Å². The highest BCUT2D eigenvalue weighted by molar-refractivity contribution is 7.15. The van der Waals surface area contributed by atoms with Crippen molar-refractivity contribution in [2.45, 2.75) is 12.8 Å². The van der Waals surface area contributed by atoms with Gasteiger partial charge in [-0.15, -0.1) is 21.5 Å². The second kappa shape index (κ2) is 8.67. The number of carbonyl (C=O) groups excluding carboxylic acids is 1. The summed E-state index contributed by atoms with van der Waals surface area (Å²) >= 11 is 1.60. The number of piperidine rings is 1. The molecule has 1 aliphatic heterocycles. The number of imidazole rings is 1. The standard InChI is InChI=1S/C23H21N9OS/c33-22(26-18-5-3-16(4-6-18)19-13-31-10-11-34-23(31)27-19)17-2-1-9-30(12-17)20-7-8-21(29-28-20)32-15-24-14-25-32/h3-8,10-11,13-15,17H,1-2,9,12H2,(H,26,33). The quantitative estimate of drug-likeness (QED) is 0.419. The van der Waals surface area contributed by atoms with Crippen LogP contribution in [0.3, 0.4) is 0 Å². The van der Waals surface area contributed by atoms with Gasteiger partial charge in [0.25, 0.3) is 0 Å². The molecular weight excluding hydrogens is 450 g/mol. The molecule has 34 heavy (non-hydrogen) atoms. The molecule has 1 fully saturated rings. The van der Waals surface area contributed by atoms with Gasteiger partial charge in [0.05, 0.1) is 11.6 Å². The highest BCUT2D eigenvalue weighted by Gasteiger charge is 2.27. The number of thiazole rings is 1. The van der Waals surface area contributed by atoms with Crippen LogP contribution in [0.2, 0.25) is 0 Å². The molecule has 1 amide bonds. The zero-order valence-electron chi connectivity index (χ0n) is 18.2. The van der Waals surface area contributed by atoms with Gasteiger partial charge < -0.3 is 10.2 Å². The lowest BCUT2D eigenvalue weighted by atomic mass is 9.97. The molecular formula is C23H21N9OS. The first-order valence-corrected chi connectivity index (χ1v) is 11.9. The molecule has 6 rings (SSSR count). The van der Waals surface area contributed by atoms with Crippen molar-refractivity contribution < 1.29 is 4.79 Å². The molecule has 1 aliphatic rings. The summed E-state index contributed by atoms with van der Waals surface area (Å²) in [5, 5.41) is 17.7. The highest BCUT2D eigenvalue weighted by atomic mass is 32.1. The van der Waals surface area contributed by atoms with Gasteiger partial charge in [0.1, 0.15) is 12.7 Å². The average molecular weight is 472 g/mol. The van der Waals surface area contributed by atoms with Crippen molar-refractivity contribution >= 4 is 33.7 Å². The Morgan fingerprint density at radius 1 is 1.09 bits per heavy atom. The van der Waals surface area contributed by atoms with Crippen molar-refractivity contribution in [3.8, 4) is 17.1 Å². The fourth-order valence-corrected chi connectivity index (χ4v) is 4.87. The Kier molecular flexibility index (Phi) is 5.22. The minimum absolute atomic E-state index is 0.0205. The molecule has 0 radical (unpaired) electrons. The summed E-state index contributed by atoms with van der Waals surface area (Å²) in [5.74, 6) is 1.26. The van der Waals surface area contributed by atoms with Crippen molar-refractivity contribution in [1.29, 1.82) is 0 Å². The van der Waals surface area contributed by atoms with E-state index in [0.29, 0.717) is 12.4 Å². The lowest BCUT2D eigenvalue weighted by molar-refractivity contribution is -0.120. The second-order valence-corrected chi connectivity index (χ2v) is 9.03. The number of hydrogen-bond acceptors (Lipinski definition) is 8. The molecule has 4 aromatic heterocycles. The second-order valence-electron chi connectivity index (χ2n) is 8.16. The van der Waals surface area contributed by atoms with E-state index in [2.05, 4.69) is 35.5 Å². The molecule has 1 saturated heterocycles. The van der Waals surface area contributed by atoms with Crippen LogP contribution in [0, 0.1) is 5.92 Å². The van der Waals surface area contributed by atoms with E-state index in [1.807, 2.05) is 58.6 Å². The van der Waals surface area contributed by atoms with Crippen molar-refractivity contribution in [3.63, 3.8) is 0 Å². The Morgan fingerprint density at radius 2 is 1.94 bits per heavy atom. The summed E-state index contributed by atoms with van der Waals surface area (Å²) in [5.41, 5.74) is 2.72. The number of nitrogens with zero attached hydrogens (tertiary/aromatic N) is 8. The number of benzene rings is 1. The first-order chi connectivity index (χ1) is 16.7. The van der Waals surface area contributed by atoms with Crippen LogP contribution in [0.5, 0.6) is 0 Å². The fourth-order valence-electron chi connectivity index (χ4n) is 4.17. The van der Waals surface area contributed by atoms with Gasteiger partial charge in [0, 0.05) is 42.1 Å². The predicted molar refractivity (Wildman–Crippen MR) is 129 cm³/mol. The molecule has 11 heteroatoms. The molecule has 10 nitrogen and oxygen atoms in total. The van der Waals surface area contributed by atoms with Crippen molar-refractivity contribution in [2.75, 3.05) is 23.3 Å². The molecule has 1 N–H and O–H groups in total. The number of carbonyl (C=O) groups is 1. The fraction of sp³-hybridized carbons (Fsp3) is 0.217. The molecule has 1 unspecified atom stereocenters. The van der Waals surface area contributed by atoms with E-state index in [1.165, 1.54) is 6.33 Å². The topological polar surface area (TPSA) is 106 Å². The largest absolute Gasteiger partial charge is 0.354 e. The lowest BCUT2D eigenvalue weighted by Crippen LogP contribution is -2.41. The van der Waals surface area contributed by atoms with E-state index in [-0.39, 0.29) is 11.8 Å². The predicted octanol–water partition coefficient (Wildman–Crippen LogP) is 3.29. The van der Waals surface area contributed by atoms with E-state index in [4.69, 9.17) is 0 Å². The van der Waals surface area contributed by atoms with Crippen molar-refractivity contribution in [2.24, 2.45) is 5.92 Å². The third-order valence-corrected chi connectivity index (χ3v) is 6.72. The highest BCUT2D eigenvalue weighted by Crippen LogP contribution is 2.25. The number of nitrogens with one attached hydrogen (secondary N) is 1. The summed E-state index contributed by atoms with van der Waals surface area (Å²) in [6, 6.07) is 11.6. The van der Waals surface area contributed by atoms with Crippen LogP contribution in [0.15, 0.2) is 66.8 Å². The van der Waals surface area contributed by atoms with E-state index in [0.717, 1.165) is 47.1 Å². The Labute approximate surface area is 198 Å². The van der Waals surface area contributed by atoms with Gasteiger partial charge in [-0.3, -0.25) is 9.20 Å². The van der Waals surface area contributed by atoms with Gasteiger partial charge in [-0.25, -0.2) is 14.6 Å². The summed E-state index contributed by atoms with van der Waals surface area (Å²) in [4.78, 5) is 24.6. The van der Waals surface area contributed by atoms with Crippen molar-refractivity contribution in [3.05, 3.63) is 66.8 Å². The summed E-state index contributed by atoms with van der Waals surface area (Å²) < 4.78 is 3.57. The minimum atomic E-state index is -0.120. The van der Waals surface area contributed by atoms with Crippen LogP contribution in [0.25, 0.3) is 22.0 Å². The molecule has 5 aromatic rings. The molecule has 0 bridgehead atoms. The molecule has 1 aromatic carbocycles. The lowest BCUT2D eigenvalue weighted by Gasteiger charge is -2.32. The average Bonchev–Trinajstić information content (AvgIpc) is 3.63. The first kappa shape index (κ1) is 20.5. The number of anilines is 2. The zero-order valence-corrected chi connectivity index (χ0v) is 19.0. The number of rotatable bonds is 5. The van der Waals surface area contributed by atoms with Crippen molar-refractivity contribution in [1.82, 2.24) is 34.3 Å². The van der Waals surface area contributed by atoms with E-state index in [1.54, 1.807) is 22.3 Å². The Hall–Kier alpha value is -4.12. The molecule has 0 aliphatic carbocycles. The number of hydrogen-bond donors (Lipinski definition) is 1. The van der Waals surface area contributed by atoms with Gasteiger partial charge in [-0.1, -0.05) is 12.1 Å². The molecule has 5 heterocycles. The van der Waals surface area contributed by atoms with Crippen LogP contribution in [-0.4, -0.2) is 53.3 Å². The number of aromatic nitrogens is 7. The number of fused-ring (bicyclic) bond motifs is 1. The Balaban J connectivity index is 1.10. The molecule has 1 atom stereocenters. The Morgan fingerprint density at radius 3 is 2.71 bits per heavy atom. The first-order valence-electron chi connectivity index (χ1n) is 11.0. The summed E-state index contributed by atoms with van der Waals surface area (Å²) in [6.07, 6.45) is 8.80. The van der Waals surface area contributed by atoms with Gasteiger partial charge >= 0.3 is 0 Å². The third-order valence-electron chi connectivity index (χ3n) is 5.95. The van der Waals surface area contributed by atoms with Crippen LogP contribution in [0.1, 0.15) is 12.8 Å². The van der Waals surface area contributed by atoms with Crippen LogP contribution < -0.4 is 10.2 Å². The van der Waals surface area contributed by atoms with Crippen LogP contribution >= 0.6 is 11.3 Å². The number of amides is 1. The van der Waals surface area contributed by atoms with Gasteiger partial charge in [-0.05, 0) is 37.1 Å². The third kappa shape index (κ3) is 4.01. The molecule has 0 saturated carbocycles. The summed E-state index contributed by atoms with van der Waals surface area (Å²) in [7, 11) is 0. The molecule has 170 valence electrons. The molecule has 0 spiro atoms. The van der Waals surface area contributed by atoms with E-state index in [9.17, 15) is 4.79 Å². The monoisotopic (exact) mass is 471 g/mol. The summed E-state index contributed by atoms with van der Waals surface area (Å²) in [6.45, 7) is 1.45. The SMILES string of the molecule is O=C(Nc1ccc(-c2cn3ccsc3n2)cc1)C1CCCN(c2ccc(-n3cncn3)nn2)C1. The smallest absolute Gasteiger partial charge is 0.229 e. The van der Waals surface area contributed by atoms with E-state index >= 15 is 0 Å². The van der Waals surface area contributed by atoms with Gasteiger partial charge in [-0.2, -0.15) is 5.10 Å². The Bertz CT molecular complexity index is 1380. The minimum Gasteiger partial charge on any atom is -0.354 e. The normalized spacial score (nSPS) is 16.1. The van der Waals surface area contributed by atoms with Crippen LogP contribution in [-0.2, 0) is 4.79 Å². The maximum absolute atomic E-state index is 13.0. The maximum Gasteiger partial charge on any atom is 0.229 e.